The van der Waals surface area contributed by atoms with Gasteiger partial charge in [-0.05, 0) is 37.1 Å². The summed E-state index contributed by atoms with van der Waals surface area (Å²) < 4.78 is 0. The van der Waals surface area contributed by atoms with Gasteiger partial charge in [0.25, 0.3) is 0 Å². The van der Waals surface area contributed by atoms with E-state index in [1.54, 1.807) is 19.1 Å². The minimum Gasteiger partial charge on any atom is -0.326 e. The average molecular weight is 359 g/mol. The summed E-state index contributed by atoms with van der Waals surface area (Å²) in [6.07, 6.45) is 0.391. The number of ketones is 1. The number of nitrogens with one attached hydrogen (secondary N) is 1. The number of amides is 5. The first-order valence-corrected chi connectivity index (χ1v) is 8.35. The van der Waals surface area contributed by atoms with Crippen LogP contribution in [0.1, 0.15) is 37.6 Å². The number of benzene rings is 1. The average Bonchev–Trinajstić information content (AvgIpc) is 2.77. The van der Waals surface area contributed by atoms with Gasteiger partial charge in [0.2, 0.25) is 5.91 Å². The van der Waals surface area contributed by atoms with Crippen molar-refractivity contribution in [1.29, 1.82) is 0 Å². The lowest BCUT2D eigenvalue weighted by Gasteiger charge is -2.13. The largest absolute Gasteiger partial charge is 0.334 e. The number of Topliss-reactive ketones (excluding diaryl/α,β-unsaturated/α-hetero) is 1. The molecule has 1 aromatic rings. The Hall–Kier alpha value is -3.03. The molecule has 1 fully saturated rings. The van der Waals surface area contributed by atoms with Crippen LogP contribution in [-0.2, 0) is 14.4 Å². The molecule has 5 amide bonds. The second kappa shape index (κ2) is 7.90. The number of anilines is 1. The molecule has 1 heterocycles. The standard InChI is InChI=1S/C18H21N3O5/c1-4-20-16(24)17(25)21(18(20)26)10-14(22)12-5-7-13(8-6-12)19-15(23)9-11(2)3/h5-8,11H,4,9-10H2,1-3H3,(H,19,23). The first kappa shape index (κ1) is 19.3. The minimum absolute atomic E-state index is 0.0683. The predicted molar refractivity (Wildman–Crippen MR) is 93.4 cm³/mol. The Kier molecular flexibility index (Phi) is 5.86. The van der Waals surface area contributed by atoms with E-state index in [0.717, 1.165) is 4.90 Å². The highest BCUT2D eigenvalue weighted by Gasteiger charge is 2.44. The Bertz CT molecular complexity index is 755. The van der Waals surface area contributed by atoms with Crippen LogP contribution in [0, 0.1) is 5.92 Å². The number of carbonyl (C=O) groups excluding carboxylic acids is 5. The van der Waals surface area contributed by atoms with E-state index in [2.05, 4.69) is 5.32 Å². The molecule has 0 saturated carbocycles. The molecule has 0 spiro atoms. The third kappa shape index (κ3) is 4.14. The fraction of sp³-hybridized carbons (Fsp3) is 0.389. The molecular formula is C18H21N3O5. The molecular weight excluding hydrogens is 338 g/mol. The van der Waals surface area contributed by atoms with Gasteiger partial charge in [-0.3, -0.25) is 24.1 Å². The first-order chi connectivity index (χ1) is 12.2. The summed E-state index contributed by atoms with van der Waals surface area (Å²) in [6, 6.07) is 5.36. The lowest BCUT2D eigenvalue weighted by Crippen LogP contribution is -2.36. The molecule has 1 N–H and O–H groups in total. The van der Waals surface area contributed by atoms with Gasteiger partial charge in [0, 0.05) is 24.2 Å². The Balaban J connectivity index is 2.02. The van der Waals surface area contributed by atoms with Crippen molar-refractivity contribution >= 4 is 35.2 Å². The molecule has 1 aliphatic heterocycles. The van der Waals surface area contributed by atoms with Gasteiger partial charge in [-0.1, -0.05) is 13.8 Å². The van der Waals surface area contributed by atoms with Gasteiger partial charge in [0.05, 0.1) is 6.54 Å². The van der Waals surface area contributed by atoms with Crippen molar-refractivity contribution in [3.05, 3.63) is 29.8 Å². The van der Waals surface area contributed by atoms with Crippen molar-refractivity contribution in [2.24, 2.45) is 5.92 Å². The van der Waals surface area contributed by atoms with Crippen LogP contribution >= 0.6 is 0 Å². The quantitative estimate of drug-likeness (QED) is 0.453. The van der Waals surface area contributed by atoms with Crippen LogP contribution in [0.3, 0.4) is 0 Å². The summed E-state index contributed by atoms with van der Waals surface area (Å²) in [5.74, 6) is -2.28. The van der Waals surface area contributed by atoms with Crippen molar-refractivity contribution in [1.82, 2.24) is 9.80 Å². The number of urea groups is 1. The molecule has 1 aliphatic rings. The SMILES string of the molecule is CCN1C(=O)C(=O)N(CC(=O)c2ccc(NC(=O)CC(C)C)cc2)C1=O. The van der Waals surface area contributed by atoms with E-state index in [1.165, 1.54) is 12.1 Å². The molecule has 1 saturated heterocycles. The summed E-state index contributed by atoms with van der Waals surface area (Å²) in [5, 5.41) is 2.73. The Labute approximate surface area is 151 Å². The monoisotopic (exact) mass is 359 g/mol. The van der Waals surface area contributed by atoms with Crippen molar-refractivity contribution in [3.8, 4) is 0 Å². The lowest BCUT2D eigenvalue weighted by atomic mass is 10.1. The smallest absolute Gasteiger partial charge is 0.326 e. The third-order valence-electron chi connectivity index (χ3n) is 3.84. The highest BCUT2D eigenvalue weighted by Crippen LogP contribution is 2.15. The zero-order valence-corrected chi connectivity index (χ0v) is 14.9. The van der Waals surface area contributed by atoms with Gasteiger partial charge >= 0.3 is 17.8 Å². The van der Waals surface area contributed by atoms with E-state index < -0.39 is 30.2 Å². The van der Waals surface area contributed by atoms with E-state index >= 15 is 0 Å². The molecule has 0 aliphatic carbocycles. The normalized spacial score (nSPS) is 14.4. The highest BCUT2D eigenvalue weighted by molar-refractivity contribution is 6.45. The molecule has 8 nitrogen and oxygen atoms in total. The van der Waals surface area contributed by atoms with Crippen LogP contribution in [0.2, 0.25) is 0 Å². The molecule has 138 valence electrons. The van der Waals surface area contributed by atoms with Crippen LogP contribution in [-0.4, -0.2) is 52.4 Å². The minimum atomic E-state index is -0.997. The van der Waals surface area contributed by atoms with E-state index in [9.17, 15) is 24.0 Å². The second-order valence-corrected chi connectivity index (χ2v) is 6.37. The number of nitrogens with zero attached hydrogens (tertiary/aromatic N) is 2. The van der Waals surface area contributed by atoms with Crippen LogP contribution < -0.4 is 5.32 Å². The van der Waals surface area contributed by atoms with Gasteiger partial charge in [-0.25, -0.2) is 9.69 Å². The van der Waals surface area contributed by atoms with E-state index in [1.807, 2.05) is 13.8 Å². The number of likely N-dealkylation sites (N-methyl/N-ethyl adjacent to an activating group) is 1. The Morgan fingerprint density at radius 1 is 1.00 bits per heavy atom. The van der Waals surface area contributed by atoms with Gasteiger partial charge in [-0.15, -0.1) is 0 Å². The number of hydrogen-bond donors (Lipinski definition) is 1. The topological polar surface area (TPSA) is 104 Å². The third-order valence-corrected chi connectivity index (χ3v) is 3.84. The van der Waals surface area contributed by atoms with Gasteiger partial charge in [-0.2, -0.15) is 0 Å². The Morgan fingerprint density at radius 3 is 2.08 bits per heavy atom. The molecule has 0 radical (unpaired) electrons. The molecule has 1 aromatic carbocycles. The number of imide groups is 2. The van der Waals surface area contributed by atoms with Gasteiger partial charge < -0.3 is 5.32 Å². The summed E-state index contributed by atoms with van der Waals surface area (Å²) in [5.41, 5.74) is 0.822. The molecule has 26 heavy (non-hydrogen) atoms. The maximum absolute atomic E-state index is 12.3. The molecule has 0 bridgehead atoms. The summed E-state index contributed by atoms with van der Waals surface area (Å²) in [6.45, 7) is 5.01. The molecule has 0 aromatic heterocycles. The van der Waals surface area contributed by atoms with Crippen molar-refractivity contribution in [2.75, 3.05) is 18.4 Å². The maximum atomic E-state index is 12.3. The van der Waals surface area contributed by atoms with E-state index in [0.29, 0.717) is 17.0 Å². The summed E-state index contributed by atoms with van der Waals surface area (Å²) in [7, 11) is 0. The van der Waals surface area contributed by atoms with Crippen LogP contribution in [0.4, 0.5) is 10.5 Å². The van der Waals surface area contributed by atoms with Gasteiger partial charge in [0.15, 0.2) is 5.78 Å². The zero-order valence-electron chi connectivity index (χ0n) is 14.9. The van der Waals surface area contributed by atoms with Crippen molar-refractivity contribution < 1.29 is 24.0 Å². The van der Waals surface area contributed by atoms with Crippen molar-refractivity contribution in [2.45, 2.75) is 27.2 Å². The molecule has 0 unspecified atom stereocenters. The van der Waals surface area contributed by atoms with E-state index in [4.69, 9.17) is 0 Å². The first-order valence-electron chi connectivity index (χ1n) is 8.35. The lowest BCUT2D eigenvalue weighted by molar-refractivity contribution is -0.143. The second-order valence-electron chi connectivity index (χ2n) is 6.37. The predicted octanol–water partition coefficient (Wildman–Crippen LogP) is 1.66. The molecule has 0 atom stereocenters. The molecule has 2 rings (SSSR count). The number of carbonyl (C=O) groups is 5. The summed E-state index contributed by atoms with van der Waals surface area (Å²) >= 11 is 0. The van der Waals surface area contributed by atoms with Gasteiger partial charge in [0.1, 0.15) is 0 Å². The fourth-order valence-corrected chi connectivity index (χ4v) is 2.53. The molecule has 8 heteroatoms. The number of hydrogen-bond acceptors (Lipinski definition) is 5. The van der Waals surface area contributed by atoms with E-state index in [-0.39, 0.29) is 23.9 Å². The van der Waals surface area contributed by atoms with Crippen molar-refractivity contribution in [3.63, 3.8) is 0 Å². The maximum Gasteiger partial charge on any atom is 0.334 e. The fourth-order valence-electron chi connectivity index (χ4n) is 2.53. The van der Waals surface area contributed by atoms with Crippen LogP contribution in [0.15, 0.2) is 24.3 Å². The Morgan fingerprint density at radius 2 is 1.58 bits per heavy atom. The van der Waals surface area contributed by atoms with Crippen LogP contribution in [0.25, 0.3) is 0 Å². The number of rotatable bonds is 7. The highest BCUT2D eigenvalue weighted by atomic mass is 16.2. The summed E-state index contributed by atoms with van der Waals surface area (Å²) in [4.78, 5) is 61.0. The van der Waals surface area contributed by atoms with Crippen LogP contribution in [0.5, 0.6) is 0 Å². The zero-order chi connectivity index (χ0) is 19.4.